The van der Waals surface area contributed by atoms with Crippen molar-refractivity contribution in [1.29, 1.82) is 0 Å². The first kappa shape index (κ1) is 14.9. The van der Waals surface area contributed by atoms with Gasteiger partial charge in [-0.15, -0.1) is 0 Å². The van der Waals surface area contributed by atoms with Crippen molar-refractivity contribution in [1.82, 2.24) is 4.90 Å². The molecule has 0 fully saturated rings. The van der Waals surface area contributed by atoms with E-state index in [1.54, 1.807) is 0 Å². The molecule has 0 aromatic carbocycles. The summed E-state index contributed by atoms with van der Waals surface area (Å²) in [6.07, 6.45) is -1.07. The largest absolute Gasteiger partial charge is 0.480 e. The molecule has 7 heteroatoms. The van der Waals surface area contributed by atoms with Crippen LogP contribution in [0.2, 0.25) is 0 Å². The van der Waals surface area contributed by atoms with E-state index in [9.17, 15) is 9.59 Å². The van der Waals surface area contributed by atoms with E-state index in [4.69, 9.17) is 15.3 Å². The minimum atomic E-state index is -1.17. The molecule has 1 radical (unpaired) electrons. The van der Waals surface area contributed by atoms with E-state index in [-0.39, 0.29) is 16.8 Å². The summed E-state index contributed by atoms with van der Waals surface area (Å²) in [6.45, 7) is 0.347. The van der Waals surface area contributed by atoms with E-state index in [0.29, 0.717) is 0 Å². The average Bonchev–Trinajstić information content (AvgIpc) is 1.83. The molecule has 0 aliphatic heterocycles. The smallest absolute Gasteiger partial charge is 0.317 e. The van der Waals surface area contributed by atoms with Gasteiger partial charge >= 0.3 is 11.9 Å². The van der Waals surface area contributed by atoms with Crippen LogP contribution in [0.25, 0.3) is 0 Å². The molecule has 3 N–H and O–H groups in total. The Kier molecular flexibility index (Phi) is 7.82. The van der Waals surface area contributed by atoms with Gasteiger partial charge in [0.25, 0.3) is 0 Å². The van der Waals surface area contributed by atoms with Gasteiger partial charge in [-0.1, -0.05) is 0 Å². The van der Waals surface area contributed by atoms with Crippen molar-refractivity contribution >= 4 is 11.9 Å². The molecule has 13 heavy (non-hydrogen) atoms. The van der Waals surface area contributed by atoms with Crippen LogP contribution in [0.15, 0.2) is 0 Å². The first-order valence-electron chi connectivity index (χ1n) is 3.29. The zero-order valence-electron chi connectivity index (χ0n) is 6.93. The first-order chi connectivity index (χ1) is 5.43. The van der Waals surface area contributed by atoms with Gasteiger partial charge in [0, 0.05) is 16.8 Å². The van der Waals surface area contributed by atoms with Crippen molar-refractivity contribution in [3.8, 4) is 0 Å². The summed E-state index contributed by atoms with van der Waals surface area (Å²) < 4.78 is 0. The Morgan fingerprint density at radius 2 is 1.54 bits per heavy atom. The topological polar surface area (TPSA) is 98.1 Å². The van der Waals surface area contributed by atoms with Crippen LogP contribution in [0, 0.1) is 0 Å². The van der Waals surface area contributed by atoms with Crippen molar-refractivity contribution in [2.24, 2.45) is 0 Å². The molecule has 0 spiro atoms. The third-order valence-electron chi connectivity index (χ3n) is 1.21. The molecule has 0 heterocycles. The summed E-state index contributed by atoms with van der Waals surface area (Å²) in [4.78, 5) is 21.2. The normalized spacial score (nSPS) is 11.9. The van der Waals surface area contributed by atoms with E-state index in [1.807, 2.05) is 0 Å². The van der Waals surface area contributed by atoms with Crippen molar-refractivity contribution < 1.29 is 41.7 Å². The molecule has 0 amide bonds. The Hall–Kier alpha value is -0.634. The Morgan fingerprint density at radius 1 is 1.23 bits per heavy atom. The maximum Gasteiger partial charge on any atom is 0.317 e. The second-order valence-corrected chi connectivity index (χ2v) is 2.32. The van der Waals surface area contributed by atoms with Gasteiger partial charge in [0.05, 0.1) is 13.1 Å². The number of carboxylic acid groups (broad SMARTS) is 2. The van der Waals surface area contributed by atoms with Gasteiger partial charge in [0.1, 0.15) is 6.23 Å². The van der Waals surface area contributed by atoms with Gasteiger partial charge in [0.2, 0.25) is 0 Å². The average molecular weight is 236 g/mol. The van der Waals surface area contributed by atoms with Crippen LogP contribution in [0.1, 0.15) is 6.92 Å². The van der Waals surface area contributed by atoms with Crippen molar-refractivity contribution in [3.63, 3.8) is 0 Å². The van der Waals surface area contributed by atoms with Crippen LogP contribution >= 0.6 is 0 Å². The molecule has 1 unspecified atom stereocenters. The molecule has 0 aromatic heterocycles. The molecule has 0 aromatic rings. The number of rotatable bonds is 5. The molecule has 0 aliphatic rings. The summed E-state index contributed by atoms with van der Waals surface area (Å²) in [7, 11) is 0. The SMILES string of the molecule is CC(O)N(CC(=O)O)CC(=O)O.[Co]. The summed E-state index contributed by atoms with van der Waals surface area (Å²) in [5, 5.41) is 25.5. The number of hydrogen-bond donors (Lipinski definition) is 3. The molecule has 0 bridgehead atoms. The van der Waals surface area contributed by atoms with Crippen LogP contribution in [0.3, 0.4) is 0 Å². The number of aliphatic carboxylic acids is 2. The maximum atomic E-state index is 10.1. The van der Waals surface area contributed by atoms with Crippen LogP contribution in [0.5, 0.6) is 0 Å². The van der Waals surface area contributed by atoms with Crippen LogP contribution < -0.4 is 0 Å². The second kappa shape index (κ2) is 6.84. The molecule has 79 valence electrons. The van der Waals surface area contributed by atoms with Gasteiger partial charge in [-0.3, -0.25) is 14.5 Å². The molecular formula is C6H11CoNO5. The third kappa shape index (κ3) is 7.72. The minimum Gasteiger partial charge on any atom is -0.480 e. The van der Waals surface area contributed by atoms with Gasteiger partial charge in [0.15, 0.2) is 0 Å². The number of carbonyl (C=O) groups is 2. The Bertz CT molecular complexity index is 168. The zero-order chi connectivity index (χ0) is 9.72. The zero-order valence-corrected chi connectivity index (χ0v) is 7.97. The fourth-order valence-corrected chi connectivity index (χ4v) is 0.668. The predicted octanol–water partition coefficient (Wildman–Crippen LogP) is -1.21. The second-order valence-electron chi connectivity index (χ2n) is 2.32. The predicted molar refractivity (Wildman–Crippen MR) is 38.5 cm³/mol. The number of nitrogens with zero attached hydrogens (tertiary/aromatic N) is 1. The van der Waals surface area contributed by atoms with E-state index >= 15 is 0 Å². The van der Waals surface area contributed by atoms with Gasteiger partial charge in [-0.2, -0.15) is 0 Å². The molecule has 6 nitrogen and oxygen atoms in total. The monoisotopic (exact) mass is 236 g/mol. The minimum absolute atomic E-state index is 0. The molecular weight excluding hydrogens is 225 g/mol. The molecule has 0 saturated heterocycles. The molecule has 0 aliphatic carbocycles. The number of aliphatic hydroxyl groups excluding tert-OH is 1. The summed E-state index contributed by atoms with van der Waals surface area (Å²) in [5.74, 6) is -2.34. The van der Waals surface area contributed by atoms with Crippen molar-refractivity contribution in [2.45, 2.75) is 13.2 Å². The molecule has 0 saturated carbocycles. The third-order valence-corrected chi connectivity index (χ3v) is 1.21. The summed E-state index contributed by atoms with van der Waals surface area (Å²) in [6, 6.07) is 0. The summed E-state index contributed by atoms with van der Waals surface area (Å²) >= 11 is 0. The Morgan fingerprint density at radius 3 is 1.69 bits per heavy atom. The van der Waals surface area contributed by atoms with E-state index in [1.165, 1.54) is 6.92 Å². The van der Waals surface area contributed by atoms with Crippen molar-refractivity contribution in [2.75, 3.05) is 13.1 Å². The van der Waals surface area contributed by atoms with Crippen LogP contribution in [-0.2, 0) is 26.4 Å². The van der Waals surface area contributed by atoms with Crippen LogP contribution in [-0.4, -0.2) is 51.5 Å². The maximum absolute atomic E-state index is 10.1. The van der Waals surface area contributed by atoms with Crippen LogP contribution in [0.4, 0.5) is 0 Å². The Labute approximate surface area is 85.3 Å². The van der Waals surface area contributed by atoms with Gasteiger partial charge in [-0.25, -0.2) is 0 Å². The molecule has 0 rings (SSSR count). The Balaban J connectivity index is 0. The number of hydrogen-bond acceptors (Lipinski definition) is 4. The quantitative estimate of drug-likeness (QED) is 0.518. The first-order valence-corrected chi connectivity index (χ1v) is 3.29. The van der Waals surface area contributed by atoms with E-state index in [0.717, 1.165) is 4.90 Å². The fourth-order valence-electron chi connectivity index (χ4n) is 0.668. The number of aliphatic hydroxyl groups is 1. The fraction of sp³-hybridized carbons (Fsp3) is 0.667. The molecule has 1 atom stereocenters. The number of carboxylic acids is 2. The van der Waals surface area contributed by atoms with E-state index in [2.05, 4.69) is 0 Å². The van der Waals surface area contributed by atoms with Gasteiger partial charge < -0.3 is 15.3 Å². The summed E-state index contributed by atoms with van der Waals surface area (Å²) in [5.41, 5.74) is 0. The van der Waals surface area contributed by atoms with Gasteiger partial charge in [-0.05, 0) is 6.92 Å². The van der Waals surface area contributed by atoms with E-state index < -0.39 is 31.3 Å². The standard InChI is InChI=1S/C6H11NO5.Co/c1-4(8)7(2-5(9)10)3-6(11)12;/h4,8H,2-3H2,1H3,(H,9,10)(H,11,12);. The van der Waals surface area contributed by atoms with Crippen molar-refractivity contribution in [3.05, 3.63) is 0 Å².